The van der Waals surface area contributed by atoms with E-state index >= 15 is 0 Å². The number of nitrogens with zero attached hydrogens (tertiary/aromatic N) is 1. The standard InChI is InChI=1S/C7H14N2O4S/c8-7(10)1-6-14(11,12)9-2-4-13-5-3-9/h1-6H2,(H2,8,10). The predicted molar refractivity (Wildman–Crippen MR) is 50.0 cm³/mol. The van der Waals surface area contributed by atoms with Crippen molar-refractivity contribution in [1.29, 1.82) is 0 Å². The molecule has 14 heavy (non-hydrogen) atoms. The van der Waals surface area contributed by atoms with E-state index in [4.69, 9.17) is 10.5 Å². The first-order valence-electron chi connectivity index (χ1n) is 4.36. The van der Waals surface area contributed by atoms with Crippen molar-refractivity contribution in [1.82, 2.24) is 4.31 Å². The van der Waals surface area contributed by atoms with Crippen LogP contribution in [0.2, 0.25) is 0 Å². The minimum Gasteiger partial charge on any atom is -0.379 e. The van der Waals surface area contributed by atoms with Gasteiger partial charge in [-0.1, -0.05) is 0 Å². The molecule has 0 saturated carbocycles. The van der Waals surface area contributed by atoms with Gasteiger partial charge in [-0.3, -0.25) is 4.79 Å². The maximum Gasteiger partial charge on any atom is 0.218 e. The maximum atomic E-state index is 11.6. The van der Waals surface area contributed by atoms with Crippen LogP contribution in [0.15, 0.2) is 0 Å². The Bertz CT molecular complexity index is 295. The summed E-state index contributed by atoms with van der Waals surface area (Å²) in [5, 5.41) is 0. The van der Waals surface area contributed by atoms with Crippen LogP contribution in [0.5, 0.6) is 0 Å². The van der Waals surface area contributed by atoms with Gasteiger partial charge in [-0.25, -0.2) is 8.42 Å². The van der Waals surface area contributed by atoms with E-state index in [1.807, 2.05) is 0 Å². The van der Waals surface area contributed by atoms with E-state index in [1.165, 1.54) is 4.31 Å². The lowest BCUT2D eigenvalue weighted by atomic mass is 10.5. The molecule has 1 fully saturated rings. The molecule has 1 saturated heterocycles. The number of ether oxygens (including phenoxy) is 1. The molecule has 0 aromatic heterocycles. The van der Waals surface area contributed by atoms with Crippen molar-refractivity contribution in [2.24, 2.45) is 5.73 Å². The zero-order chi connectivity index (χ0) is 10.6. The van der Waals surface area contributed by atoms with Crippen LogP contribution in [-0.4, -0.2) is 50.7 Å². The van der Waals surface area contributed by atoms with Gasteiger partial charge in [0.05, 0.1) is 19.0 Å². The molecule has 0 aliphatic carbocycles. The Morgan fingerprint density at radius 2 is 1.93 bits per heavy atom. The molecule has 0 bridgehead atoms. The SMILES string of the molecule is NC(=O)CCS(=O)(=O)N1CCOCC1. The molecular formula is C7H14N2O4S. The van der Waals surface area contributed by atoms with Crippen molar-refractivity contribution >= 4 is 15.9 Å². The number of sulfonamides is 1. The molecule has 0 aromatic carbocycles. The van der Waals surface area contributed by atoms with Crippen LogP contribution in [0.1, 0.15) is 6.42 Å². The van der Waals surface area contributed by atoms with Crippen molar-refractivity contribution in [3.63, 3.8) is 0 Å². The Balaban J connectivity index is 2.50. The molecule has 1 aliphatic heterocycles. The smallest absolute Gasteiger partial charge is 0.218 e. The van der Waals surface area contributed by atoms with Gasteiger partial charge in [0, 0.05) is 19.5 Å². The molecule has 2 N–H and O–H groups in total. The van der Waals surface area contributed by atoms with Crippen molar-refractivity contribution in [2.75, 3.05) is 32.1 Å². The second-order valence-electron chi connectivity index (χ2n) is 3.04. The fourth-order valence-electron chi connectivity index (χ4n) is 1.18. The average molecular weight is 222 g/mol. The first kappa shape index (κ1) is 11.4. The number of morpholine rings is 1. The van der Waals surface area contributed by atoms with Gasteiger partial charge < -0.3 is 10.5 Å². The number of carbonyl (C=O) groups excluding carboxylic acids is 1. The third-order valence-corrected chi connectivity index (χ3v) is 3.84. The number of carbonyl (C=O) groups is 1. The third kappa shape index (κ3) is 3.24. The lowest BCUT2D eigenvalue weighted by Gasteiger charge is -2.25. The molecule has 0 aromatic rings. The average Bonchev–Trinajstić information content (AvgIpc) is 2.16. The van der Waals surface area contributed by atoms with Crippen LogP contribution in [0.25, 0.3) is 0 Å². The summed E-state index contributed by atoms with van der Waals surface area (Å²) in [5.74, 6) is -0.802. The molecule has 6 nitrogen and oxygen atoms in total. The van der Waals surface area contributed by atoms with Crippen molar-refractivity contribution < 1.29 is 17.9 Å². The lowest BCUT2D eigenvalue weighted by Crippen LogP contribution is -2.42. The maximum absolute atomic E-state index is 11.6. The molecule has 1 amide bonds. The molecule has 1 aliphatic rings. The minimum absolute atomic E-state index is 0.125. The van der Waals surface area contributed by atoms with E-state index in [1.54, 1.807) is 0 Å². The van der Waals surface area contributed by atoms with Crippen LogP contribution < -0.4 is 5.73 Å². The van der Waals surface area contributed by atoms with Crippen molar-refractivity contribution in [2.45, 2.75) is 6.42 Å². The molecule has 0 spiro atoms. The highest BCUT2D eigenvalue weighted by Gasteiger charge is 2.24. The van der Waals surface area contributed by atoms with Crippen LogP contribution in [0, 0.1) is 0 Å². The second-order valence-corrected chi connectivity index (χ2v) is 5.13. The topological polar surface area (TPSA) is 89.7 Å². The summed E-state index contributed by atoms with van der Waals surface area (Å²) in [7, 11) is -3.33. The Kier molecular flexibility index (Phi) is 3.85. The molecule has 1 rings (SSSR count). The highest BCUT2D eigenvalue weighted by atomic mass is 32.2. The summed E-state index contributed by atoms with van der Waals surface area (Å²) in [6.07, 6.45) is -0.125. The number of hydrogen-bond acceptors (Lipinski definition) is 4. The van der Waals surface area contributed by atoms with Crippen molar-refractivity contribution in [3.05, 3.63) is 0 Å². The number of hydrogen-bond donors (Lipinski definition) is 1. The van der Waals surface area contributed by atoms with Gasteiger partial charge in [-0.15, -0.1) is 0 Å². The summed E-state index contributed by atoms with van der Waals surface area (Å²) < 4.78 is 29.5. The Hall–Kier alpha value is -0.660. The zero-order valence-electron chi connectivity index (χ0n) is 7.81. The molecule has 0 unspecified atom stereocenters. The number of rotatable bonds is 4. The quantitative estimate of drug-likeness (QED) is 0.628. The van der Waals surface area contributed by atoms with Gasteiger partial charge in [0.2, 0.25) is 15.9 Å². The van der Waals surface area contributed by atoms with Crippen LogP contribution in [-0.2, 0) is 19.6 Å². The Labute approximate surface area is 83.1 Å². The lowest BCUT2D eigenvalue weighted by molar-refractivity contribution is -0.117. The highest BCUT2D eigenvalue weighted by molar-refractivity contribution is 7.89. The zero-order valence-corrected chi connectivity index (χ0v) is 8.62. The first-order valence-corrected chi connectivity index (χ1v) is 5.97. The highest BCUT2D eigenvalue weighted by Crippen LogP contribution is 2.06. The number of amides is 1. The fraction of sp³-hybridized carbons (Fsp3) is 0.857. The van der Waals surface area contributed by atoms with Crippen LogP contribution >= 0.6 is 0 Å². The van der Waals surface area contributed by atoms with Crippen molar-refractivity contribution in [3.8, 4) is 0 Å². The summed E-state index contributed by atoms with van der Waals surface area (Å²) in [6, 6.07) is 0. The second kappa shape index (κ2) is 4.72. The van der Waals surface area contributed by atoms with Crippen LogP contribution in [0.4, 0.5) is 0 Å². The largest absolute Gasteiger partial charge is 0.379 e. The summed E-state index contributed by atoms with van der Waals surface area (Å²) in [5.41, 5.74) is 4.88. The van der Waals surface area contributed by atoms with Gasteiger partial charge in [0.15, 0.2) is 0 Å². The molecular weight excluding hydrogens is 208 g/mol. The molecule has 7 heteroatoms. The van der Waals surface area contributed by atoms with Crippen LogP contribution in [0.3, 0.4) is 0 Å². The Morgan fingerprint density at radius 1 is 1.36 bits per heavy atom. The molecule has 1 heterocycles. The normalized spacial score (nSPS) is 19.4. The minimum atomic E-state index is -3.33. The van der Waals surface area contributed by atoms with E-state index < -0.39 is 15.9 Å². The van der Waals surface area contributed by atoms with E-state index in [9.17, 15) is 13.2 Å². The third-order valence-electron chi connectivity index (χ3n) is 1.97. The first-order chi connectivity index (χ1) is 6.52. The van der Waals surface area contributed by atoms with E-state index in [2.05, 4.69) is 0 Å². The summed E-state index contributed by atoms with van der Waals surface area (Å²) in [6.45, 7) is 1.55. The van der Waals surface area contributed by atoms with Gasteiger partial charge >= 0.3 is 0 Å². The van der Waals surface area contributed by atoms with Gasteiger partial charge in [-0.2, -0.15) is 4.31 Å². The summed E-state index contributed by atoms with van der Waals surface area (Å²) in [4.78, 5) is 10.4. The predicted octanol–water partition coefficient (Wildman–Crippen LogP) is -1.48. The summed E-state index contributed by atoms with van der Waals surface area (Å²) >= 11 is 0. The number of nitrogens with two attached hydrogens (primary N) is 1. The van der Waals surface area contributed by atoms with E-state index in [0.29, 0.717) is 26.3 Å². The van der Waals surface area contributed by atoms with Gasteiger partial charge in [0.25, 0.3) is 0 Å². The van der Waals surface area contributed by atoms with E-state index in [0.717, 1.165) is 0 Å². The monoisotopic (exact) mass is 222 g/mol. The van der Waals surface area contributed by atoms with Gasteiger partial charge in [0.1, 0.15) is 0 Å². The number of primary amides is 1. The molecule has 0 atom stereocenters. The fourth-order valence-corrected chi connectivity index (χ4v) is 2.61. The molecule has 82 valence electrons. The van der Waals surface area contributed by atoms with Gasteiger partial charge in [-0.05, 0) is 0 Å². The van der Waals surface area contributed by atoms with E-state index in [-0.39, 0.29) is 12.2 Å². The Morgan fingerprint density at radius 3 is 2.43 bits per heavy atom. The molecule has 0 radical (unpaired) electrons.